The van der Waals surface area contributed by atoms with Crippen molar-refractivity contribution in [3.05, 3.63) is 78.4 Å². The van der Waals surface area contributed by atoms with Crippen LogP contribution in [0.15, 0.2) is 72.8 Å². The third-order valence-electron chi connectivity index (χ3n) is 5.00. The summed E-state index contributed by atoms with van der Waals surface area (Å²) < 4.78 is 12.6. The summed E-state index contributed by atoms with van der Waals surface area (Å²) in [5.74, 6) is 2.07. The molecule has 0 aliphatic carbocycles. The third-order valence-corrected chi connectivity index (χ3v) is 6.04. The zero-order valence-corrected chi connectivity index (χ0v) is 21.1. The average Bonchev–Trinajstić information content (AvgIpc) is 3.25. The maximum absolute atomic E-state index is 13.5. The molecule has 0 saturated carbocycles. The monoisotopic (exact) mass is 497 g/mol. The molecular formula is C26H28ClN3O3S. The summed E-state index contributed by atoms with van der Waals surface area (Å²) in [6, 6.07) is 22.7. The summed E-state index contributed by atoms with van der Waals surface area (Å²) in [5.41, 5.74) is 1.37. The van der Waals surface area contributed by atoms with Crippen LogP contribution in [0, 0.1) is 0 Å². The molecule has 4 aromatic rings. The van der Waals surface area contributed by atoms with Gasteiger partial charge in [0.05, 0.1) is 11.3 Å². The molecule has 0 radical (unpaired) electrons. The number of aromatic nitrogens is 1. The summed E-state index contributed by atoms with van der Waals surface area (Å²) in [7, 11) is 3.98. The lowest BCUT2D eigenvalue weighted by molar-refractivity contribution is 0.0985. The van der Waals surface area contributed by atoms with Gasteiger partial charge in [-0.25, -0.2) is 4.98 Å². The van der Waals surface area contributed by atoms with Gasteiger partial charge in [-0.2, -0.15) is 0 Å². The van der Waals surface area contributed by atoms with E-state index in [0.29, 0.717) is 29.6 Å². The van der Waals surface area contributed by atoms with E-state index in [1.807, 2.05) is 81.7 Å². The number of likely N-dealkylation sites (N-methyl/N-ethyl adjacent to an activating group) is 1. The molecule has 0 aliphatic heterocycles. The van der Waals surface area contributed by atoms with Gasteiger partial charge in [0.2, 0.25) is 0 Å². The second-order valence-electron chi connectivity index (χ2n) is 7.73. The summed E-state index contributed by atoms with van der Waals surface area (Å²) >= 11 is 1.50. The van der Waals surface area contributed by atoms with Gasteiger partial charge in [0.15, 0.2) is 5.13 Å². The molecule has 1 aromatic heterocycles. The quantitative estimate of drug-likeness (QED) is 0.279. The van der Waals surface area contributed by atoms with E-state index >= 15 is 0 Å². The molecule has 178 valence electrons. The highest BCUT2D eigenvalue weighted by Gasteiger charge is 2.22. The summed E-state index contributed by atoms with van der Waals surface area (Å²) in [6.45, 7) is 3.75. The summed E-state index contributed by atoms with van der Waals surface area (Å²) in [5, 5.41) is 0.661. The number of thiazole rings is 1. The third kappa shape index (κ3) is 6.05. The van der Waals surface area contributed by atoms with Gasteiger partial charge in [-0.3, -0.25) is 9.69 Å². The number of hydrogen-bond acceptors (Lipinski definition) is 6. The van der Waals surface area contributed by atoms with Crippen molar-refractivity contribution in [2.45, 2.75) is 6.92 Å². The molecule has 4 rings (SSSR count). The van der Waals surface area contributed by atoms with Crippen molar-refractivity contribution in [1.82, 2.24) is 9.88 Å². The number of halogens is 1. The zero-order valence-electron chi connectivity index (χ0n) is 19.4. The van der Waals surface area contributed by atoms with Crippen molar-refractivity contribution >= 4 is 45.0 Å². The van der Waals surface area contributed by atoms with Gasteiger partial charge in [0.1, 0.15) is 22.8 Å². The van der Waals surface area contributed by atoms with Crippen LogP contribution in [0.5, 0.6) is 17.2 Å². The van der Waals surface area contributed by atoms with Crippen molar-refractivity contribution in [3.8, 4) is 17.2 Å². The minimum atomic E-state index is -0.0971. The minimum absolute atomic E-state index is 0. The molecule has 0 bridgehead atoms. The zero-order chi connectivity index (χ0) is 23.2. The van der Waals surface area contributed by atoms with Crippen LogP contribution in [0.4, 0.5) is 5.13 Å². The maximum Gasteiger partial charge on any atom is 0.260 e. The van der Waals surface area contributed by atoms with Crippen LogP contribution in [0.2, 0.25) is 0 Å². The smallest absolute Gasteiger partial charge is 0.260 e. The highest BCUT2D eigenvalue weighted by atomic mass is 35.5. The Balaban J connectivity index is 0.00000324. The number of hydrogen-bond donors (Lipinski definition) is 0. The molecule has 0 atom stereocenters. The normalized spacial score (nSPS) is 10.7. The number of rotatable bonds is 9. The molecular weight excluding hydrogens is 470 g/mol. The van der Waals surface area contributed by atoms with E-state index in [2.05, 4.69) is 4.90 Å². The van der Waals surface area contributed by atoms with Gasteiger partial charge in [-0.05, 0) is 69.6 Å². The van der Waals surface area contributed by atoms with E-state index < -0.39 is 0 Å². The van der Waals surface area contributed by atoms with Crippen LogP contribution >= 0.6 is 23.7 Å². The van der Waals surface area contributed by atoms with Crippen LogP contribution in [0.1, 0.15) is 17.3 Å². The van der Waals surface area contributed by atoms with E-state index in [-0.39, 0.29) is 18.3 Å². The second kappa shape index (κ2) is 11.8. The number of carbonyl (C=O) groups is 1. The minimum Gasteiger partial charge on any atom is -0.492 e. The van der Waals surface area contributed by atoms with Crippen molar-refractivity contribution < 1.29 is 14.3 Å². The van der Waals surface area contributed by atoms with Crippen molar-refractivity contribution in [3.63, 3.8) is 0 Å². The van der Waals surface area contributed by atoms with Crippen molar-refractivity contribution in [2.24, 2.45) is 0 Å². The first kappa shape index (κ1) is 25.5. The van der Waals surface area contributed by atoms with Gasteiger partial charge < -0.3 is 14.4 Å². The number of amides is 1. The number of anilines is 1. The highest BCUT2D eigenvalue weighted by molar-refractivity contribution is 7.22. The lowest BCUT2D eigenvalue weighted by atomic mass is 10.2. The second-order valence-corrected chi connectivity index (χ2v) is 8.74. The number of benzene rings is 3. The SMILES string of the molecule is CCOc1cccc2sc(N(CCN(C)C)C(=O)c3ccc(Oc4ccccc4)cc3)nc12.Cl. The van der Waals surface area contributed by atoms with Gasteiger partial charge in [-0.15, -0.1) is 12.4 Å². The fraction of sp³-hybridized carbons (Fsp3) is 0.231. The molecule has 0 spiro atoms. The number of fused-ring (bicyclic) bond motifs is 1. The Morgan fingerprint density at radius 3 is 2.29 bits per heavy atom. The number of ether oxygens (including phenoxy) is 2. The molecule has 1 heterocycles. The fourth-order valence-electron chi connectivity index (χ4n) is 3.33. The Kier molecular flexibility index (Phi) is 8.87. The molecule has 0 saturated heterocycles. The first-order valence-corrected chi connectivity index (χ1v) is 11.7. The van der Waals surface area contributed by atoms with Crippen LogP contribution in [0.25, 0.3) is 10.2 Å². The molecule has 3 aromatic carbocycles. The first-order chi connectivity index (χ1) is 16.0. The standard InChI is InChI=1S/C26H27N3O3S.ClH/c1-4-31-22-11-8-12-23-24(22)27-26(33-23)29(18-17-28(2)3)25(30)19-13-15-21(16-14-19)32-20-9-6-5-7-10-20;/h5-16H,4,17-18H2,1-3H3;1H. The Hall–Kier alpha value is -3.13. The molecule has 0 fully saturated rings. The van der Waals surface area contributed by atoms with E-state index in [0.717, 1.165) is 28.3 Å². The van der Waals surface area contributed by atoms with Crippen LogP contribution in [-0.2, 0) is 0 Å². The summed E-state index contributed by atoms with van der Waals surface area (Å²) in [4.78, 5) is 22.1. The van der Waals surface area contributed by atoms with E-state index in [1.54, 1.807) is 17.0 Å². The maximum atomic E-state index is 13.5. The Bertz CT molecular complexity index is 1210. The lowest BCUT2D eigenvalue weighted by Gasteiger charge is -2.22. The fourth-order valence-corrected chi connectivity index (χ4v) is 4.34. The Morgan fingerprint density at radius 1 is 0.912 bits per heavy atom. The van der Waals surface area contributed by atoms with E-state index in [4.69, 9.17) is 14.5 Å². The number of nitrogens with zero attached hydrogens (tertiary/aromatic N) is 3. The van der Waals surface area contributed by atoms with Crippen LogP contribution in [0.3, 0.4) is 0 Å². The van der Waals surface area contributed by atoms with E-state index in [1.165, 1.54) is 11.3 Å². The van der Waals surface area contributed by atoms with Gasteiger partial charge >= 0.3 is 0 Å². The molecule has 8 heteroatoms. The lowest BCUT2D eigenvalue weighted by Crippen LogP contribution is -2.36. The largest absolute Gasteiger partial charge is 0.492 e. The van der Waals surface area contributed by atoms with Crippen LogP contribution < -0.4 is 14.4 Å². The Labute approximate surface area is 210 Å². The van der Waals surface area contributed by atoms with Gasteiger partial charge in [0.25, 0.3) is 5.91 Å². The predicted octanol–water partition coefficient (Wildman–Crippen LogP) is 6.12. The molecule has 0 unspecified atom stereocenters. The van der Waals surface area contributed by atoms with Gasteiger partial charge in [0, 0.05) is 18.7 Å². The van der Waals surface area contributed by atoms with Crippen molar-refractivity contribution in [2.75, 3.05) is 38.7 Å². The molecule has 0 N–H and O–H groups in total. The highest BCUT2D eigenvalue weighted by Crippen LogP contribution is 2.35. The molecule has 6 nitrogen and oxygen atoms in total. The van der Waals surface area contributed by atoms with E-state index in [9.17, 15) is 4.79 Å². The van der Waals surface area contributed by atoms with Gasteiger partial charge in [-0.1, -0.05) is 35.6 Å². The number of para-hydroxylation sites is 2. The molecule has 34 heavy (non-hydrogen) atoms. The predicted molar refractivity (Wildman–Crippen MR) is 141 cm³/mol. The van der Waals surface area contributed by atoms with Crippen LogP contribution in [-0.4, -0.2) is 49.6 Å². The summed E-state index contributed by atoms with van der Waals surface area (Å²) in [6.07, 6.45) is 0. The molecule has 1 amide bonds. The average molecular weight is 498 g/mol. The Morgan fingerprint density at radius 2 is 1.62 bits per heavy atom. The number of carbonyl (C=O) groups excluding carboxylic acids is 1. The first-order valence-electron chi connectivity index (χ1n) is 10.9. The topological polar surface area (TPSA) is 54.9 Å². The molecule has 0 aliphatic rings. The van der Waals surface area contributed by atoms with Crippen molar-refractivity contribution in [1.29, 1.82) is 0 Å².